The average Bonchev–Trinajstić information content (AvgIpc) is 3.05. The molecule has 1 saturated heterocycles. The van der Waals surface area contributed by atoms with Crippen LogP contribution < -0.4 is 5.32 Å². The fourth-order valence-corrected chi connectivity index (χ4v) is 4.58. The number of hydrogen-bond acceptors (Lipinski definition) is 6. The number of esters is 1. The minimum absolute atomic E-state index is 0.0832. The molecule has 1 aliphatic rings. The number of rotatable bonds is 6. The molecule has 8 heteroatoms. The molecular formula is C21H25ClN2O4S. The Morgan fingerprint density at radius 3 is 2.52 bits per heavy atom. The predicted molar refractivity (Wildman–Crippen MR) is 116 cm³/mol. The van der Waals surface area contributed by atoms with Crippen LogP contribution in [0, 0.1) is 0 Å². The van der Waals surface area contributed by atoms with Gasteiger partial charge in [-0.05, 0) is 38.5 Å². The van der Waals surface area contributed by atoms with Gasteiger partial charge in [0.25, 0.3) is 0 Å². The van der Waals surface area contributed by atoms with Crippen molar-refractivity contribution in [1.29, 1.82) is 0 Å². The highest BCUT2D eigenvalue weighted by molar-refractivity contribution is 7.15. The molecule has 0 saturated carbocycles. The summed E-state index contributed by atoms with van der Waals surface area (Å²) in [5.74, 6) is -0.621. The first-order chi connectivity index (χ1) is 13.9. The molecule has 0 unspecified atom stereocenters. The van der Waals surface area contributed by atoms with Crippen LogP contribution in [0.15, 0.2) is 29.6 Å². The Labute approximate surface area is 179 Å². The summed E-state index contributed by atoms with van der Waals surface area (Å²) in [6.45, 7) is 7.64. The smallest absolute Gasteiger partial charge is 0.341 e. The molecule has 0 aliphatic carbocycles. The Balaban J connectivity index is 1.80. The van der Waals surface area contributed by atoms with E-state index in [-0.39, 0.29) is 31.3 Å². The first-order valence-corrected chi connectivity index (χ1v) is 10.8. The van der Waals surface area contributed by atoms with Crippen LogP contribution in [-0.4, -0.2) is 55.2 Å². The van der Waals surface area contributed by atoms with Crippen molar-refractivity contribution in [3.63, 3.8) is 0 Å². The van der Waals surface area contributed by atoms with Crippen LogP contribution in [0.2, 0.25) is 5.02 Å². The fourth-order valence-electron chi connectivity index (χ4n) is 3.48. The molecule has 156 valence electrons. The van der Waals surface area contributed by atoms with E-state index in [2.05, 4.69) is 10.2 Å². The van der Waals surface area contributed by atoms with Crippen LogP contribution in [0.25, 0.3) is 11.1 Å². The number of benzene rings is 1. The van der Waals surface area contributed by atoms with Gasteiger partial charge in [-0.2, -0.15) is 0 Å². The maximum Gasteiger partial charge on any atom is 0.341 e. The summed E-state index contributed by atoms with van der Waals surface area (Å²) in [6.07, 6.45) is 0.166. The molecule has 29 heavy (non-hydrogen) atoms. The lowest BCUT2D eigenvalue weighted by molar-refractivity contribution is -0.121. The zero-order valence-corrected chi connectivity index (χ0v) is 18.3. The zero-order valence-electron chi connectivity index (χ0n) is 16.7. The van der Waals surface area contributed by atoms with Crippen LogP contribution in [-0.2, 0) is 14.3 Å². The van der Waals surface area contributed by atoms with Crippen molar-refractivity contribution in [3.8, 4) is 11.1 Å². The molecule has 2 atom stereocenters. The topological polar surface area (TPSA) is 67.9 Å². The number of morpholine rings is 1. The molecule has 6 nitrogen and oxygen atoms in total. The van der Waals surface area contributed by atoms with Crippen molar-refractivity contribution in [2.24, 2.45) is 0 Å². The summed E-state index contributed by atoms with van der Waals surface area (Å²) in [5.41, 5.74) is 1.93. The Hall–Kier alpha value is -1.93. The molecule has 1 aromatic carbocycles. The summed E-state index contributed by atoms with van der Waals surface area (Å²) in [5, 5.41) is 5.86. The standard InChI is InChI=1S/C21H25ClN2O4S/c1-4-27-21(26)19-17(15-5-7-16(22)8-6-15)12-29-20(19)23-18(25)11-24-9-13(2)28-14(3)10-24/h5-8,12-14H,4,9-11H2,1-3H3,(H,23,25)/t13-,14+. The second-order valence-electron chi connectivity index (χ2n) is 7.08. The number of anilines is 1. The lowest BCUT2D eigenvalue weighted by Crippen LogP contribution is -2.48. The first-order valence-electron chi connectivity index (χ1n) is 9.59. The van der Waals surface area contributed by atoms with Gasteiger partial charge in [0.1, 0.15) is 10.6 Å². The van der Waals surface area contributed by atoms with E-state index < -0.39 is 5.97 Å². The lowest BCUT2D eigenvalue weighted by atomic mass is 10.0. The number of nitrogens with one attached hydrogen (secondary N) is 1. The second-order valence-corrected chi connectivity index (χ2v) is 8.40. The van der Waals surface area contributed by atoms with E-state index in [0.717, 1.165) is 5.56 Å². The summed E-state index contributed by atoms with van der Waals surface area (Å²) in [7, 11) is 0. The van der Waals surface area contributed by atoms with E-state index in [9.17, 15) is 9.59 Å². The van der Waals surface area contributed by atoms with E-state index in [0.29, 0.717) is 34.2 Å². The zero-order chi connectivity index (χ0) is 21.0. The van der Waals surface area contributed by atoms with Crippen molar-refractivity contribution in [3.05, 3.63) is 40.2 Å². The molecule has 1 N–H and O–H groups in total. The Kier molecular flexibility index (Phi) is 7.29. The molecule has 3 rings (SSSR count). The highest BCUT2D eigenvalue weighted by atomic mass is 35.5. The summed E-state index contributed by atoms with van der Waals surface area (Å²) in [4.78, 5) is 27.3. The van der Waals surface area contributed by atoms with Gasteiger partial charge in [0.15, 0.2) is 0 Å². The second kappa shape index (κ2) is 9.71. The molecule has 0 spiro atoms. The maximum atomic E-state index is 12.7. The van der Waals surface area contributed by atoms with Crippen LogP contribution in [0.3, 0.4) is 0 Å². The van der Waals surface area contributed by atoms with Gasteiger partial charge < -0.3 is 14.8 Å². The molecule has 2 aromatic rings. The molecule has 1 fully saturated rings. The van der Waals surface area contributed by atoms with Gasteiger partial charge in [-0.25, -0.2) is 4.79 Å². The quantitative estimate of drug-likeness (QED) is 0.684. The van der Waals surface area contributed by atoms with Crippen LogP contribution in [0.5, 0.6) is 0 Å². The normalized spacial score (nSPS) is 19.7. The minimum Gasteiger partial charge on any atom is -0.462 e. The number of carbonyl (C=O) groups excluding carboxylic acids is 2. The Bertz CT molecular complexity index is 858. The van der Waals surface area contributed by atoms with Gasteiger partial charge in [0, 0.05) is 29.1 Å². The van der Waals surface area contributed by atoms with Crippen molar-refractivity contribution >= 4 is 39.8 Å². The highest BCUT2D eigenvalue weighted by Crippen LogP contribution is 2.36. The number of hydrogen-bond donors (Lipinski definition) is 1. The predicted octanol–water partition coefficient (Wildman–Crippen LogP) is 4.29. The molecule has 1 aromatic heterocycles. The molecule has 0 radical (unpaired) electrons. The summed E-state index contributed by atoms with van der Waals surface area (Å²) in [6, 6.07) is 7.22. The van der Waals surface area contributed by atoms with Gasteiger partial charge >= 0.3 is 5.97 Å². The largest absolute Gasteiger partial charge is 0.462 e. The van der Waals surface area contributed by atoms with E-state index in [1.54, 1.807) is 19.1 Å². The monoisotopic (exact) mass is 436 g/mol. The van der Waals surface area contributed by atoms with E-state index in [1.807, 2.05) is 31.4 Å². The maximum absolute atomic E-state index is 12.7. The Morgan fingerprint density at radius 1 is 1.24 bits per heavy atom. The molecule has 1 aliphatic heterocycles. The minimum atomic E-state index is -0.456. The molecular weight excluding hydrogens is 412 g/mol. The number of nitrogens with zero attached hydrogens (tertiary/aromatic N) is 1. The average molecular weight is 437 g/mol. The van der Waals surface area contributed by atoms with Crippen molar-refractivity contribution in [2.45, 2.75) is 33.0 Å². The van der Waals surface area contributed by atoms with E-state index in [1.165, 1.54) is 11.3 Å². The highest BCUT2D eigenvalue weighted by Gasteiger charge is 2.26. The third kappa shape index (κ3) is 5.57. The molecule has 1 amide bonds. The number of thiophene rings is 1. The number of ether oxygens (including phenoxy) is 2. The van der Waals surface area contributed by atoms with Crippen molar-refractivity contribution < 1.29 is 19.1 Å². The van der Waals surface area contributed by atoms with Crippen LogP contribution in [0.1, 0.15) is 31.1 Å². The van der Waals surface area contributed by atoms with Gasteiger partial charge in [-0.1, -0.05) is 23.7 Å². The van der Waals surface area contributed by atoms with Crippen molar-refractivity contribution in [1.82, 2.24) is 4.90 Å². The first kappa shape index (κ1) is 21.8. The van der Waals surface area contributed by atoms with Gasteiger partial charge in [-0.3, -0.25) is 9.69 Å². The molecule has 0 bridgehead atoms. The third-order valence-electron chi connectivity index (χ3n) is 4.54. The summed E-state index contributed by atoms with van der Waals surface area (Å²) >= 11 is 7.29. The van der Waals surface area contributed by atoms with E-state index >= 15 is 0 Å². The number of halogens is 1. The van der Waals surface area contributed by atoms with Gasteiger partial charge in [0.2, 0.25) is 5.91 Å². The number of amides is 1. The fraction of sp³-hybridized carbons (Fsp3) is 0.429. The molecule has 2 heterocycles. The third-order valence-corrected chi connectivity index (χ3v) is 5.69. The SMILES string of the molecule is CCOC(=O)c1c(-c2ccc(Cl)cc2)csc1NC(=O)CN1C[C@@H](C)O[C@@H](C)C1. The van der Waals surface area contributed by atoms with Gasteiger partial charge in [0.05, 0.1) is 25.4 Å². The lowest BCUT2D eigenvalue weighted by Gasteiger charge is -2.34. The van der Waals surface area contributed by atoms with E-state index in [4.69, 9.17) is 21.1 Å². The summed E-state index contributed by atoms with van der Waals surface area (Å²) < 4.78 is 10.9. The number of carbonyl (C=O) groups is 2. The Morgan fingerprint density at radius 2 is 1.90 bits per heavy atom. The van der Waals surface area contributed by atoms with Crippen molar-refractivity contribution in [2.75, 3.05) is 31.6 Å². The van der Waals surface area contributed by atoms with Crippen LogP contribution >= 0.6 is 22.9 Å². The van der Waals surface area contributed by atoms with Crippen LogP contribution in [0.4, 0.5) is 5.00 Å². The van der Waals surface area contributed by atoms with Gasteiger partial charge in [-0.15, -0.1) is 11.3 Å².